The zero-order valence-electron chi connectivity index (χ0n) is 14.5. The smallest absolute Gasteiger partial charge is 0.224 e. The summed E-state index contributed by atoms with van der Waals surface area (Å²) in [6.45, 7) is 8.37. The second-order valence-corrected chi connectivity index (χ2v) is 6.62. The number of rotatable bonds is 8. The Bertz CT molecular complexity index is 462. The fraction of sp³-hybridized carbons (Fsp3) is 0.632. The summed E-state index contributed by atoms with van der Waals surface area (Å²) in [4.78, 5) is 14.7. The van der Waals surface area contributed by atoms with Crippen molar-refractivity contribution in [3.63, 3.8) is 0 Å². The van der Waals surface area contributed by atoms with Crippen LogP contribution in [-0.4, -0.2) is 43.2 Å². The lowest BCUT2D eigenvalue weighted by molar-refractivity contribution is -0.126. The van der Waals surface area contributed by atoms with Crippen LogP contribution in [0.25, 0.3) is 0 Å². The SMILES string of the molecule is CC(C)OCCCNC(=O)[C@H]1CCCN(Cc2ccccc2)C1. The molecule has 0 saturated carbocycles. The lowest BCUT2D eigenvalue weighted by atomic mass is 9.96. The molecule has 128 valence electrons. The van der Waals surface area contributed by atoms with Crippen molar-refractivity contribution in [2.24, 2.45) is 5.92 Å². The van der Waals surface area contributed by atoms with Crippen molar-refractivity contribution in [1.82, 2.24) is 10.2 Å². The van der Waals surface area contributed by atoms with Crippen LogP contribution in [0.2, 0.25) is 0 Å². The van der Waals surface area contributed by atoms with Crippen LogP contribution >= 0.6 is 0 Å². The van der Waals surface area contributed by atoms with Gasteiger partial charge >= 0.3 is 0 Å². The Morgan fingerprint density at radius 2 is 2.13 bits per heavy atom. The maximum Gasteiger partial charge on any atom is 0.224 e. The Kier molecular flexibility index (Phi) is 7.56. The molecule has 1 saturated heterocycles. The first kappa shape index (κ1) is 18.0. The number of nitrogens with zero attached hydrogens (tertiary/aromatic N) is 1. The van der Waals surface area contributed by atoms with Crippen LogP contribution < -0.4 is 5.32 Å². The average molecular weight is 318 g/mol. The number of hydrogen-bond donors (Lipinski definition) is 1. The highest BCUT2D eigenvalue weighted by molar-refractivity contribution is 5.78. The van der Waals surface area contributed by atoms with Crippen LogP contribution in [0.4, 0.5) is 0 Å². The number of carbonyl (C=O) groups is 1. The van der Waals surface area contributed by atoms with Crippen LogP contribution in [0.3, 0.4) is 0 Å². The number of likely N-dealkylation sites (tertiary alicyclic amines) is 1. The van der Waals surface area contributed by atoms with E-state index in [0.29, 0.717) is 13.2 Å². The maximum absolute atomic E-state index is 12.3. The van der Waals surface area contributed by atoms with Gasteiger partial charge in [-0.05, 0) is 45.2 Å². The first-order valence-electron chi connectivity index (χ1n) is 8.80. The van der Waals surface area contributed by atoms with E-state index in [1.54, 1.807) is 0 Å². The summed E-state index contributed by atoms with van der Waals surface area (Å²) in [6.07, 6.45) is 3.24. The first-order chi connectivity index (χ1) is 11.1. The van der Waals surface area contributed by atoms with Gasteiger partial charge in [-0.2, -0.15) is 0 Å². The summed E-state index contributed by atoms with van der Waals surface area (Å²) in [5, 5.41) is 3.06. The Morgan fingerprint density at radius 3 is 2.87 bits per heavy atom. The van der Waals surface area contributed by atoms with Crippen molar-refractivity contribution < 1.29 is 9.53 Å². The Hall–Kier alpha value is -1.39. The minimum atomic E-state index is 0.124. The molecular weight excluding hydrogens is 288 g/mol. The van der Waals surface area contributed by atoms with E-state index in [1.165, 1.54) is 5.56 Å². The van der Waals surface area contributed by atoms with Crippen LogP contribution in [0.1, 0.15) is 38.7 Å². The molecular formula is C19H30N2O2. The standard InChI is InChI=1S/C19H30N2O2/c1-16(2)23-13-7-11-20-19(22)18-10-6-12-21(15-18)14-17-8-4-3-5-9-17/h3-5,8-9,16,18H,6-7,10-15H2,1-2H3,(H,20,22)/t18-/m0/s1. The van der Waals surface area contributed by atoms with E-state index in [-0.39, 0.29) is 17.9 Å². The van der Waals surface area contributed by atoms with Crippen LogP contribution in [0, 0.1) is 5.92 Å². The number of amides is 1. The van der Waals surface area contributed by atoms with Gasteiger partial charge in [0, 0.05) is 26.2 Å². The quantitative estimate of drug-likeness (QED) is 0.750. The molecule has 0 bridgehead atoms. The molecule has 2 rings (SSSR count). The molecule has 1 heterocycles. The van der Waals surface area contributed by atoms with Gasteiger partial charge in [0.1, 0.15) is 0 Å². The highest BCUT2D eigenvalue weighted by atomic mass is 16.5. The van der Waals surface area contributed by atoms with Crippen molar-refractivity contribution in [2.75, 3.05) is 26.2 Å². The Morgan fingerprint density at radius 1 is 1.35 bits per heavy atom. The lowest BCUT2D eigenvalue weighted by Gasteiger charge is -2.32. The molecule has 0 spiro atoms. The van der Waals surface area contributed by atoms with Gasteiger partial charge in [0.05, 0.1) is 12.0 Å². The van der Waals surface area contributed by atoms with Gasteiger partial charge < -0.3 is 10.1 Å². The largest absolute Gasteiger partial charge is 0.379 e. The molecule has 0 aromatic heterocycles. The van der Waals surface area contributed by atoms with Crippen LogP contribution in [0.5, 0.6) is 0 Å². The molecule has 4 heteroatoms. The molecule has 1 fully saturated rings. The van der Waals surface area contributed by atoms with Crippen LogP contribution in [0.15, 0.2) is 30.3 Å². The number of piperidine rings is 1. The molecule has 0 aliphatic carbocycles. The molecule has 0 unspecified atom stereocenters. The number of hydrogen-bond acceptors (Lipinski definition) is 3. The predicted octanol–water partition coefficient (Wildman–Crippen LogP) is 2.83. The molecule has 1 N–H and O–H groups in total. The zero-order valence-corrected chi connectivity index (χ0v) is 14.5. The minimum absolute atomic E-state index is 0.124. The maximum atomic E-state index is 12.3. The second-order valence-electron chi connectivity index (χ2n) is 6.62. The fourth-order valence-corrected chi connectivity index (χ4v) is 3.00. The second kappa shape index (κ2) is 9.68. The van der Waals surface area contributed by atoms with Gasteiger partial charge in [-0.15, -0.1) is 0 Å². The minimum Gasteiger partial charge on any atom is -0.379 e. The highest BCUT2D eigenvalue weighted by Gasteiger charge is 2.25. The summed E-state index contributed by atoms with van der Waals surface area (Å²) in [7, 11) is 0. The number of carbonyl (C=O) groups excluding carboxylic acids is 1. The average Bonchev–Trinajstić information content (AvgIpc) is 2.55. The number of benzene rings is 1. The van der Waals surface area contributed by atoms with E-state index in [0.717, 1.165) is 38.9 Å². The molecule has 4 nitrogen and oxygen atoms in total. The molecule has 1 amide bonds. The van der Waals surface area contributed by atoms with E-state index >= 15 is 0 Å². The van der Waals surface area contributed by atoms with E-state index in [1.807, 2.05) is 19.9 Å². The molecule has 1 aromatic rings. The summed E-state index contributed by atoms with van der Waals surface area (Å²) >= 11 is 0. The topological polar surface area (TPSA) is 41.6 Å². The highest BCUT2D eigenvalue weighted by Crippen LogP contribution is 2.18. The Balaban J connectivity index is 1.69. The third kappa shape index (κ3) is 6.71. The Labute approximate surface area is 140 Å². The number of nitrogens with one attached hydrogen (secondary N) is 1. The molecule has 1 aliphatic heterocycles. The fourth-order valence-electron chi connectivity index (χ4n) is 3.00. The van der Waals surface area contributed by atoms with E-state index < -0.39 is 0 Å². The third-order valence-corrected chi connectivity index (χ3v) is 4.20. The third-order valence-electron chi connectivity index (χ3n) is 4.20. The number of ether oxygens (including phenoxy) is 1. The van der Waals surface area contributed by atoms with Crippen molar-refractivity contribution in [3.05, 3.63) is 35.9 Å². The normalized spacial score (nSPS) is 19.0. The van der Waals surface area contributed by atoms with E-state index in [9.17, 15) is 4.79 Å². The van der Waals surface area contributed by atoms with Gasteiger partial charge in [0.25, 0.3) is 0 Å². The van der Waals surface area contributed by atoms with Gasteiger partial charge in [-0.25, -0.2) is 0 Å². The van der Waals surface area contributed by atoms with E-state index in [2.05, 4.69) is 34.5 Å². The van der Waals surface area contributed by atoms with Crippen molar-refractivity contribution >= 4 is 5.91 Å². The first-order valence-corrected chi connectivity index (χ1v) is 8.80. The monoisotopic (exact) mass is 318 g/mol. The van der Waals surface area contributed by atoms with Crippen molar-refractivity contribution in [3.8, 4) is 0 Å². The summed E-state index contributed by atoms with van der Waals surface area (Å²) < 4.78 is 5.49. The molecule has 1 atom stereocenters. The molecule has 1 aromatic carbocycles. The summed E-state index contributed by atoms with van der Waals surface area (Å²) in [5.74, 6) is 0.325. The van der Waals surface area contributed by atoms with Gasteiger partial charge in [0.15, 0.2) is 0 Å². The van der Waals surface area contributed by atoms with Gasteiger partial charge in [-0.1, -0.05) is 30.3 Å². The van der Waals surface area contributed by atoms with Crippen molar-refractivity contribution in [1.29, 1.82) is 0 Å². The zero-order chi connectivity index (χ0) is 16.5. The molecule has 23 heavy (non-hydrogen) atoms. The van der Waals surface area contributed by atoms with Crippen molar-refractivity contribution in [2.45, 2.75) is 45.8 Å². The summed E-state index contributed by atoms with van der Waals surface area (Å²) in [5.41, 5.74) is 1.32. The summed E-state index contributed by atoms with van der Waals surface area (Å²) in [6, 6.07) is 10.5. The molecule has 1 aliphatic rings. The van der Waals surface area contributed by atoms with E-state index in [4.69, 9.17) is 4.74 Å². The van der Waals surface area contributed by atoms with Gasteiger partial charge in [-0.3, -0.25) is 9.69 Å². The lowest BCUT2D eigenvalue weighted by Crippen LogP contribution is -2.43. The predicted molar refractivity (Wildman–Crippen MR) is 93.2 cm³/mol. The van der Waals surface area contributed by atoms with Crippen LogP contribution in [-0.2, 0) is 16.1 Å². The van der Waals surface area contributed by atoms with Gasteiger partial charge in [0.2, 0.25) is 5.91 Å². The molecule has 0 radical (unpaired) electrons.